The van der Waals surface area contributed by atoms with Crippen molar-refractivity contribution in [3.05, 3.63) is 95.3 Å². The van der Waals surface area contributed by atoms with E-state index < -0.39 is 0 Å². The smallest absolute Gasteiger partial charge is 0.122 e. The van der Waals surface area contributed by atoms with Gasteiger partial charge in [-0.1, -0.05) is 59.0 Å². The number of ether oxygens (including phenoxy) is 2. The summed E-state index contributed by atoms with van der Waals surface area (Å²) < 4.78 is 15.5. The molecule has 0 unspecified atom stereocenters. The van der Waals surface area contributed by atoms with Crippen LogP contribution >= 0.6 is 0 Å². The second-order valence-corrected chi connectivity index (χ2v) is 11.6. The van der Waals surface area contributed by atoms with Crippen molar-refractivity contribution in [2.45, 2.75) is 39.8 Å². The summed E-state index contributed by atoms with van der Waals surface area (Å²) in [6, 6.07) is 21.0. The molecule has 3 aromatic carbocycles. The summed E-state index contributed by atoms with van der Waals surface area (Å²) >= 11 is 0. The van der Waals surface area contributed by atoms with E-state index in [1.54, 1.807) is 0 Å². The van der Waals surface area contributed by atoms with Gasteiger partial charge in [0.25, 0.3) is 0 Å². The molecule has 10 heteroatoms. The van der Waals surface area contributed by atoms with Crippen LogP contribution in [0.3, 0.4) is 0 Å². The Morgan fingerprint density at radius 3 is 1.62 bits per heavy atom. The van der Waals surface area contributed by atoms with Gasteiger partial charge in [-0.05, 0) is 82.2 Å². The Morgan fingerprint density at radius 2 is 1.18 bits per heavy atom. The van der Waals surface area contributed by atoms with Gasteiger partial charge in [-0.15, -0.1) is 10.2 Å². The van der Waals surface area contributed by atoms with Gasteiger partial charge in [0.05, 0.1) is 12.4 Å². The van der Waals surface area contributed by atoms with Crippen LogP contribution in [-0.4, -0.2) is 82.3 Å². The molecule has 5 rings (SSSR count). The minimum atomic E-state index is 0.656. The number of rotatable bonds is 16. The van der Waals surface area contributed by atoms with Gasteiger partial charge in [-0.25, -0.2) is 0 Å². The molecule has 2 heterocycles. The maximum atomic E-state index is 5.92. The van der Waals surface area contributed by atoms with Crippen LogP contribution < -0.4 is 14.8 Å². The Labute approximate surface area is 266 Å². The molecule has 10 nitrogen and oxygen atoms in total. The predicted octanol–water partition coefficient (Wildman–Crippen LogP) is 4.84. The number of benzene rings is 3. The number of aromatic nitrogens is 6. The normalized spacial score (nSPS) is 11.3. The van der Waals surface area contributed by atoms with Gasteiger partial charge in [0, 0.05) is 37.3 Å². The Balaban J connectivity index is 1.12. The van der Waals surface area contributed by atoms with E-state index in [9.17, 15) is 0 Å². The van der Waals surface area contributed by atoms with Crippen LogP contribution in [0.1, 0.15) is 22.3 Å². The zero-order chi connectivity index (χ0) is 31.6. The second-order valence-electron chi connectivity index (χ2n) is 11.6. The van der Waals surface area contributed by atoms with Crippen LogP contribution in [0, 0.1) is 13.8 Å². The third kappa shape index (κ3) is 8.99. The summed E-state index contributed by atoms with van der Waals surface area (Å²) in [5.74, 6) is 1.87. The first-order valence-electron chi connectivity index (χ1n) is 15.5. The van der Waals surface area contributed by atoms with Crippen molar-refractivity contribution in [3.8, 4) is 34.0 Å². The molecule has 0 saturated carbocycles. The second kappa shape index (κ2) is 15.5. The van der Waals surface area contributed by atoms with Crippen LogP contribution in [0.25, 0.3) is 22.5 Å². The number of aryl methyl sites for hydroxylation is 6. The van der Waals surface area contributed by atoms with E-state index >= 15 is 0 Å². The standard InChI is InChI=1S/C35H44N8O2/c1-26-22-28(6-12-34(26)44-20-16-36-3)14-17-42-24-32(37-39-42)30-8-10-31(11-9-30)33-25-43(40-38-33)18-15-29-7-13-35(27(2)23-29)45-21-19-41(4)5/h6-13,22-25,36H,14-21H2,1-5H3. The lowest BCUT2D eigenvalue weighted by atomic mass is 10.1. The molecule has 5 aromatic rings. The van der Waals surface area contributed by atoms with Gasteiger partial charge in [0.15, 0.2) is 0 Å². The molecule has 0 radical (unpaired) electrons. The molecule has 0 atom stereocenters. The van der Waals surface area contributed by atoms with Crippen molar-refractivity contribution >= 4 is 0 Å². The molecule has 0 spiro atoms. The molecule has 2 aromatic heterocycles. The van der Waals surface area contributed by atoms with Crippen LogP contribution in [0.2, 0.25) is 0 Å². The molecule has 0 fully saturated rings. The fourth-order valence-electron chi connectivity index (χ4n) is 5.04. The zero-order valence-electron chi connectivity index (χ0n) is 27.0. The first kappa shape index (κ1) is 31.9. The van der Waals surface area contributed by atoms with Crippen LogP contribution in [-0.2, 0) is 25.9 Å². The van der Waals surface area contributed by atoms with Crippen LogP contribution in [0.15, 0.2) is 73.1 Å². The Hall–Kier alpha value is -4.54. The fraction of sp³-hybridized carbons (Fsp3) is 0.371. The number of hydrogen-bond acceptors (Lipinski definition) is 8. The monoisotopic (exact) mass is 608 g/mol. The van der Waals surface area contributed by atoms with Gasteiger partial charge in [0.2, 0.25) is 0 Å². The minimum Gasteiger partial charge on any atom is -0.492 e. The van der Waals surface area contributed by atoms with E-state index in [1.807, 2.05) is 42.9 Å². The fourth-order valence-corrected chi connectivity index (χ4v) is 5.04. The van der Waals surface area contributed by atoms with E-state index in [1.165, 1.54) is 11.1 Å². The van der Waals surface area contributed by atoms with E-state index in [2.05, 4.69) is 105 Å². The van der Waals surface area contributed by atoms with E-state index in [-0.39, 0.29) is 0 Å². The number of likely N-dealkylation sites (N-methyl/N-ethyl adjacent to an activating group) is 2. The SMILES string of the molecule is CNCCOc1ccc(CCn2cc(-c3ccc(-c4cn(CCc5ccc(OCCN(C)C)c(C)c5)nn4)cc3)nn2)cc1C. The van der Waals surface area contributed by atoms with Gasteiger partial charge in [-0.3, -0.25) is 9.36 Å². The highest BCUT2D eigenvalue weighted by Crippen LogP contribution is 2.24. The summed E-state index contributed by atoms with van der Waals surface area (Å²) in [7, 11) is 6.02. The Kier molecular flexibility index (Phi) is 10.9. The maximum absolute atomic E-state index is 5.92. The highest BCUT2D eigenvalue weighted by atomic mass is 16.5. The van der Waals surface area contributed by atoms with Gasteiger partial charge >= 0.3 is 0 Å². The lowest BCUT2D eigenvalue weighted by Crippen LogP contribution is -2.19. The van der Waals surface area contributed by atoms with Crippen molar-refractivity contribution in [3.63, 3.8) is 0 Å². The van der Waals surface area contributed by atoms with Gasteiger partial charge in [0.1, 0.15) is 36.1 Å². The molecular formula is C35H44N8O2. The number of hydrogen-bond donors (Lipinski definition) is 1. The van der Waals surface area contributed by atoms with E-state index in [4.69, 9.17) is 9.47 Å². The molecule has 236 valence electrons. The maximum Gasteiger partial charge on any atom is 0.122 e. The molecule has 0 aliphatic heterocycles. The molecule has 0 aliphatic carbocycles. The van der Waals surface area contributed by atoms with Crippen LogP contribution in [0.5, 0.6) is 11.5 Å². The van der Waals surface area contributed by atoms with Gasteiger partial charge in [-0.2, -0.15) is 0 Å². The van der Waals surface area contributed by atoms with Crippen LogP contribution in [0.4, 0.5) is 0 Å². The first-order valence-corrected chi connectivity index (χ1v) is 15.5. The number of nitrogens with one attached hydrogen (secondary N) is 1. The average Bonchev–Trinajstić information content (AvgIpc) is 3.71. The highest BCUT2D eigenvalue weighted by molar-refractivity contribution is 5.65. The molecule has 0 saturated heterocycles. The number of nitrogens with zero attached hydrogens (tertiary/aromatic N) is 7. The molecular weight excluding hydrogens is 564 g/mol. The summed E-state index contributed by atoms with van der Waals surface area (Å²) in [5.41, 5.74) is 8.51. The van der Waals surface area contributed by atoms with Crippen molar-refractivity contribution in [2.24, 2.45) is 0 Å². The minimum absolute atomic E-state index is 0.656. The molecule has 0 bridgehead atoms. The highest BCUT2D eigenvalue weighted by Gasteiger charge is 2.09. The predicted molar refractivity (Wildman–Crippen MR) is 178 cm³/mol. The lowest BCUT2D eigenvalue weighted by molar-refractivity contribution is 0.260. The third-order valence-corrected chi connectivity index (χ3v) is 7.70. The molecule has 0 aliphatic rings. The third-order valence-electron chi connectivity index (χ3n) is 7.70. The summed E-state index contributed by atoms with van der Waals surface area (Å²) in [6.45, 7) is 8.74. The molecule has 1 N–H and O–H groups in total. The Bertz CT molecular complexity index is 1660. The van der Waals surface area contributed by atoms with Crippen molar-refractivity contribution in [2.75, 3.05) is 47.4 Å². The molecule has 45 heavy (non-hydrogen) atoms. The van der Waals surface area contributed by atoms with Crippen molar-refractivity contribution < 1.29 is 9.47 Å². The average molecular weight is 609 g/mol. The van der Waals surface area contributed by atoms with E-state index in [0.29, 0.717) is 13.2 Å². The largest absolute Gasteiger partial charge is 0.492 e. The Morgan fingerprint density at radius 1 is 0.689 bits per heavy atom. The lowest BCUT2D eigenvalue weighted by Gasteiger charge is -2.13. The summed E-state index contributed by atoms with van der Waals surface area (Å²) in [4.78, 5) is 2.12. The van der Waals surface area contributed by atoms with Gasteiger partial charge < -0.3 is 19.7 Å². The first-order chi connectivity index (χ1) is 21.9. The van der Waals surface area contributed by atoms with E-state index in [0.717, 1.165) is 84.2 Å². The quantitative estimate of drug-likeness (QED) is 0.159. The zero-order valence-corrected chi connectivity index (χ0v) is 27.0. The topological polar surface area (TPSA) is 95.2 Å². The van der Waals surface area contributed by atoms with Crippen molar-refractivity contribution in [1.82, 2.24) is 40.2 Å². The molecule has 0 amide bonds. The summed E-state index contributed by atoms with van der Waals surface area (Å²) in [5, 5.41) is 20.6. The van der Waals surface area contributed by atoms with Crippen molar-refractivity contribution in [1.29, 1.82) is 0 Å². The summed E-state index contributed by atoms with van der Waals surface area (Å²) in [6.07, 6.45) is 5.73.